The van der Waals surface area contributed by atoms with Gasteiger partial charge in [-0.05, 0) is 11.7 Å². The van der Waals surface area contributed by atoms with Gasteiger partial charge in [0.2, 0.25) is 0 Å². The summed E-state index contributed by atoms with van der Waals surface area (Å²) in [5.41, 5.74) is 0. The Morgan fingerprint density at radius 1 is 1.60 bits per heavy atom. The minimum atomic E-state index is -0.972. The molecule has 0 saturated carbocycles. The second-order valence-electron chi connectivity index (χ2n) is 2.28. The first kappa shape index (κ1) is 14.0. The van der Waals surface area contributed by atoms with Crippen LogP contribution >= 0.6 is 11.8 Å². The number of hydrogen-bond acceptors (Lipinski definition) is 3. The SMILES string of the molecule is CC(C)CSCC(=O)[O-].[K+]. The van der Waals surface area contributed by atoms with Gasteiger partial charge in [-0.15, -0.1) is 0 Å². The normalized spacial score (nSPS) is 9.10. The molecule has 0 bridgehead atoms. The third-order valence-corrected chi connectivity index (χ3v) is 2.01. The molecule has 4 heteroatoms. The van der Waals surface area contributed by atoms with Gasteiger partial charge in [-0.3, -0.25) is 0 Å². The van der Waals surface area contributed by atoms with E-state index < -0.39 is 5.97 Å². The van der Waals surface area contributed by atoms with Gasteiger partial charge in [-0.1, -0.05) is 13.8 Å². The zero-order valence-corrected chi connectivity index (χ0v) is 10.7. The average Bonchev–Trinajstić information content (AvgIpc) is 1.63. The Morgan fingerprint density at radius 2 is 2.10 bits per heavy atom. The van der Waals surface area contributed by atoms with Crippen molar-refractivity contribution in [2.75, 3.05) is 11.5 Å². The van der Waals surface area contributed by atoms with Crippen LogP contribution in [0.15, 0.2) is 0 Å². The molecule has 10 heavy (non-hydrogen) atoms. The van der Waals surface area contributed by atoms with E-state index in [0.29, 0.717) is 5.92 Å². The Bertz CT molecular complexity index is 95.7. The number of aliphatic carboxylic acids is 1. The molecule has 0 aromatic heterocycles. The van der Waals surface area contributed by atoms with Crippen molar-refractivity contribution >= 4 is 17.7 Å². The number of hydrogen-bond donors (Lipinski definition) is 0. The standard InChI is InChI=1S/C6H12O2S.K/c1-5(2)3-9-4-6(7)8;/h5H,3-4H2,1-2H3,(H,7,8);/q;+1/p-1. The summed E-state index contributed by atoms with van der Waals surface area (Å²) >= 11 is 1.41. The summed E-state index contributed by atoms with van der Waals surface area (Å²) in [6, 6.07) is 0. The molecule has 0 unspecified atom stereocenters. The molecule has 0 aliphatic heterocycles. The number of carboxylic acids is 1. The molecule has 0 heterocycles. The van der Waals surface area contributed by atoms with Crippen molar-refractivity contribution in [3.8, 4) is 0 Å². The monoisotopic (exact) mass is 186 g/mol. The molecule has 0 aliphatic rings. The molecule has 0 amide bonds. The van der Waals surface area contributed by atoms with Crippen LogP contribution in [0.25, 0.3) is 0 Å². The molecule has 0 aromatic rings. The van der Waals surface area contributed by atoms with Gasteiger partial charge in [0.05, 0.1) is 5.97 Å². The fraction of sp³-hybridized carbons (Fsp3) is 0.833. The first-order valence-corrected chi connectivity index (χ1v) is 4.06. The molecule has 0 spiro atoms. The van der Waals surface area contributed by atoms with Crippen molar-refractivity contribution in [3.05, 3.63) is 0 Å². The minimum Gasteiger partial charge on any atom is -0.549 e. The van der Waals surface area contributed by atoms with Crippen LogP contribution in [0.5, 0.6) is 0 Å². The van der Waals surface area contributed by atoms with E-state index in [1.165, 1.54) is 11.8 Å². The van der Waals surface area contributed by atoms with E-state index in [1.807, 2.05) is 0 Å². The Labute approximate surface area is 109 Å². The van der Waals surface area contributed by atoms with Crippen molar-refractivity contribution < 1.29 is 61.3 Å². The Kier molecular flexibility index (Phi) is 12.0. The van der Waals surface area contributed by atoms with E-state index in [2.05, 4.69) is 13.8 Å². The number of carbonyl (C=O) groups excluding carboxylic acids is 1. The van der Waals surface area contributed by atoms with Crippen LogP contribution in [-0.4, -0.2) is 17.5 Å². The van der Waals surface area contributed by atoms with Crippen LogP contribution in [0.3, 0.4) is 0 Å². The number of thioether (sulfide) groups is 1. The molecule has 54 valence electrons. The van der Waals surface area contributed by atoms with Gasteiger partial charge < -0.3 is 9.90 Å². The van der Waals surface area contributed by atoms with E-state index in [1.54, 1.807) is 0 Å². The van der Waals surface area contributed by atoms with Gasteiger partial charge in [-0.2, -0.15) is 11.8 Å². The van der Waals surface area contributed by atoms with Crippen molar-refractivity contribution in [3.63, 3.8) is 0 Å². The molecule has 0 rings (SSSR count). The topological polar surface area (TPSA) is 40.1 Å². The Hall–Kier alpha value is 1.46. The van der Waals surface area contributed by atoms with E-state index in [0.717, 1.165) is 5.75 Å². The average molecular weight is 186 g/mol. The van der Waals surface area contributed by atoms with Crippen LogP contribution in [0.1, 0.15) is 13.8 Å². The summed E-state index contributed by atoms with van der Waals surface area (Å²) in [5.74, 6) is 0.613. The largest absolute Gasteiger partial charge is 1.00 e. The first-order chi connectivity index (χ1) is 4.13. The summed E-state index contributed by atoms with van der Waals surface area (Å²) in [4.78, 5) is 9.85. The zero-order chi connectivity index (χ0) is 7.28. The fourth-order valence-corrected chi connectivity index (χ4v) is 1.13. The molecule has 0 saturated heterocycles. The number of carbonyl (C=O) groups is 1. The van der Waals surface area contributed by atoms with Crippen LogP contribution in [0.4, 0.5) is 0 Å². The van der Waals surface area contributed by atoms with Crippen LogP contribution in [0, 0.1) is 5.92 Å². The first-order valence-electron chi connectivity index (χ1n) is 2.90. The quantitative estimate of drug-likeness (QED) is 0.443. The smallest absolute Gasteiger partial charge is 0.549 e. The molecular formula is C6H11KO2S. The fourth-order valence-electron chi connectivity index (χ4n) is 0.378. The predicted octanol–water partition coefficient (Wildman–Crippen LogP) is -2.87. The van der Waals surface area contributed by atoms with Crippen molar-refractivity contribution in [2.24, 2.45) is 5.92 Å². The maximum absolute atomic E-state index is 9.85. The predicted molar refractivity (Wildman–Crippen MR) is 37.2 cm³/mol. The van der Waals surface area contributed by atoms with Gasteiger partial charge >= 0.3 is 51.4 Å². The van der Waals surface area contributed by atoms with Crippen molar-refractivity contribution in [1.29, 1.82) is 0 Å². The molecule has 0 atom stereocenters. The van der Waals surface area contributed by atoms with Gasteiger partial charge in [0, 0.05) is 5.75 Å². The molecule has 0 aromatic carbocycles. The molecule has 0 radical (unpaired) electrons. The summed E-state index contributed by atoms with van der Waals surface area (Å²) < 4.78 is 0. The van der Waals surface area contributed by atoms with E-state index >= 15 is 0 Å². The van der Waals surface area contributed by atoms with Gasteiger partial charge in [0.15, 0.2) is 0 Å². The summed E-state index contributed by atoms with van der Waals surface area (Å²) in [7, 11) is 0. The van der Waals surface area contributed by atoms with Gasteiger partial charge in [-0.25, -0.2) is 0 Å². The maximum atomic E-state index is 9.85. The third kappa shape index (κ3) is 12.2. The number of rotatable bonds is 4. The Morgan fingerprint density at radius 3 is 2.40 bits per heavy atom. The maximum Gasteiger partial charge on any atom is 1.00 e. The second kappa shape index (κ2) is 8.55. The van der Waals surface area contributed by atoms with Crippen LogP contribution < -0.4 is 56.5 Å². The molecular weight excluding hydrogens is 175 g/mol. The van der Waals surface area contributed by atoms with E-state index in [9.17, 15) is 9.90 Å². The minimum absolute atomic E-state index is 0. The summed E-state index contributed by atoms with van der Waals surface area (Å²) in [6.45, 7) is 4.12. The second-order valence-corrected chi connectivity index (χ2v) is 3.31. The summed E-state index contributed by atoms with van der Waals surface area (Å²) in [5, 5.41) is 9.85. The van der Waals surface area contributed by atoms with Gasteiger partial charge in [0.25, 0.3) is 0 Å². The Balaban J connectivity index is 0. The molecule has 0 aliphatic carbocycles. The molecule has 2 nitrogen and oxygen atoms in total. The number of carboxylic acid groups (broad SMARTS) is 1. The summed E-state index contributed by atoms with van der Waals surface area (Å²) in [6.07, 6.45) is 0. The zero-order valence-electron chi connectivity index (χ0n) is 6.72. The van der Waals surface area contributed by atoms with Crippen LogP contribution in [-0.2, 0) is 4.79 Å². The van der Waals surface area contributed by atoms with E-state index in [4.69, 9.17) is 0 Å². The van der Waals surface area contributed by atoms with Crippen LogP contribution in [0.2, 0.25) is 0 Å². The van der Waals surface area contributed by atoms with Gasteiger partial charge in [0.1, 0.15) is 0 Å². The molecule has 0 N–H and O–H groups in total. The third-order valence-electron chi connectivity index (χ3n) is 0.671. The van der Waals surface area contributed by atoms with Crippen molar-refractivity contribution in [2.45, 2.75) is 13.8 Å². The van der Waals surface area contributed by atoms with E-state index in [-0.39, 0.29) is 57.1 Å². The molecule has 0 fully saturated rings. The van der Waals surface area contributed by atoms with Crippen molar-refractivity contribution in [1.82, 2.24) is 0 Å².